The Morgan fingerprint density at radius 2 is 2.00 bits per heavy atom. The van der Waals surface area contributed by atoms with Crippen molar-refractivity contribution in [2.45, 2.75) is 47.2 Å². The number of ether oxygens (including phenoxy) is 1. The molecule has 2 N–H and O–H groups in total. The number of hydrogen-bond acceptors (Lipinski definition) is 6. The Bertz CT molecular complexity index is 1170. The van der Waals surface area contributed by atoms with Crippen LogP contribution in [0.5, 0.6) is 5.75 Å². The van der Waals surface area contributed by atoms with Crippen LogP contribution in [0.3, 0.4) is 0 Å². The van der Waals surface area contributed by atoms with Gasteiger partial charge in [-0.3, -0.25) is 4.79 Å². The van der Waals surface area contributed by atoms with Gasteiger partial charge in [-0.2, -0.15) is 5.10 Å². The molecule has 0 fully saturated rings. The van der Waals surface area contributed by atoms with Crippen LogP contribution in [0.4, 0.5) is 5.82 Å². The Morgan fingerprint density at radius 1 is 1.26 bits per heavy atom. The summed E-state index contributed by atoms with van der Waals surface area (Å²) < 4.78 is 8.04. The van der Waals surface area contributed by atoms with E-state index < -0.39 is 0 Å². The molecule has 9 heteroatoms. The van der Waals surface area contributed by atoms with Crippen molar-refractivity contribution in [2.75, 3.05) is 18.9 Å². The molecule has 3 heterocycles. The Labute approximate surface area is 186 Å². The predicted molar refractivity (Wildman–Crippen MR) is 120 cm³/mol. The highest BCUT2D eigenvalue weighted by Gasteiger charge is 2.29. The molecule has 1 amide bonds. The highest BCUT2D eigenvalue weighted by atomic mass is 35.5. The molecule has 164 valence electrons. The first-order valence-electron chi connectivity index (χ1n) is 10.4. The van der Waals surface area contributed by atoms with E-state index in [9.17, 15) is 4.79 Å². The quantitative estimate of drug-likeness (QED) is 0.664. The van der Waals surface area contributed by atoms with E-state index in [1.54, 1.807) is 0 Å². The number of carbonyl (C=O) groups is 1. The number of anilines is 1. The zero-order valence-electron chi connectivity index (χ0n) is 18.4. The number of benzene rings is 1. The van der Waals surface area contributed by atoms with E-state index >= 15 is 0 Å². The van der Waals surface area contributed by atoms with Gasteiger partial charge < -0.3 is 15.4 Å². The van der Waals surface area contributed by atoms with Crippen molar-refractivity contribution in [3.05, 3.63) is 39.8 Å². The largest absolute Gasteiger partial charge is 0.491 e. The summed E-state index contributed by atoms with van der Waals surface area (Å²) in [5.41, 5.74) is 10.2. The van der Waals surface area contributed by atoms with Crippen LogP contribution in [-0.4, -0.2) is 43.7 Å². The lowest BCUT2D eigenvalue weighted by Crippen LogP contribution is -2.35. The number of nitrogen functional groups attached to an aromatic ring is 1. The molecular formula is C22H27ClN6O2. The lowest BCUT2D eigenvalue weighted by atomic mass is 9.98. The summed E-state index contributed by atoms with van der Waals surface area (Å²) >= 11 is 6.64. The number of fused-ring (bicyclic) bond motifs is 2. The van der Waals surface area contributed by atoms with Gasteiger partial charge in [0.25, 0.3) is 0 Å². The summed E-state index contributed by atoms with van der Waals surface area (Å²) in [4.78, 5) is 23.0. The molecule has 1 atom stereocenters. The molecule has 3 aromatic rings. The maximum absolute atomic E-state index is 12.7. The molecule has 1 aliphatic rings. The zero-order chi connectivity index (χ0) is 22.4. The van der Waals surface area contributed by atoms with Crippen molar-refractivity contribution in [1.82, 2.24) is 24.6 Å². The summed E-state index contributed by atoms with van der Waals surface area (Å²) in [6.07, 6.45) is 1.44. The smallest absolute Gasteiger partial charge is 0.225 e. The predicted octanol–water partition coefficient (Wildman–Crippen LogP) is 3.67. The summed E-state index contributed by atoms with van der Waals surface area (Å²) in [6, 6.07) is 1.71. The number of aromatic nitrogens is 4. The lowest BCUT2D eigenvalue weighted by molar-refractivity contribution is -0.135. The van der Waals surface area contributed by atoms with Gasteiger partial charge >= 0.3 is 0 Å². The maximum Gasteiger partial charge on any atom is 0.225 e. The Kier molecular flexibility index (Phi) is 5.51. The average molecular weight is 443 g/mol. The Balaban J connectivity index is 1.84. The van der Waals surface area contributed by atoms with Gasteiger partial charge in [0, 0.05) is 28.6 Å². The first-order chi connectivity index (χ1) is 14.7. The number of carbonyl (C=O) groups excluding carboxylic acids is 1. The van der Waals surface area contributed by atoms with Crippen LogP contribution in [-0.2, 0) is 11.3 Å². The monoisotopic (exact) mass is 442 g/mol. The van der Waals surface area contributed by atoms with Crippen LogP contribution >= 0.6 is 11.6 Å². The van der Waals surface area contributed by atoms with Crippen LogP contribution in [0.1, 0.15) is 49.2 Å². The topological polar surface area (TPSA) is 99.2 Å². The molecule has 0 saturated carbocycles. The molecule has 1 aromatic carbocycles. The number of amides is 1. The number of hydrogen-bond donors (Lipinski definition) is 1. The summed E-state index contributed by atoms with van der Waals surface area (Å²) in [5, 5.41) is 6.06. The molecule has 0 bridgehead atoms. The fourth-order valence-electron chi connectivity index (χ4n) is 4.12. The van der Waals surface area contributed by atoms with Crippen LogP contribution < -0.4 is 10.5 Å². The molecule has 0 saturated heterocycles. The first kappa shape index (κ1) is 21.4. The molecule has 2 aromatic heterocycles. The van der Waals surface area contributed by atoms with E-state index in [1.165, 1.54) is 6.33 Å². The number of nitrogens with two attached hydrogens (primary N) is 1. The SMILES string of the molecule is Cc1c(Cl)cc(C(C)n2nc(C)c3c(N)ncnc32)c2c1CN(C(=O)C(C)C)CCO2. The minimum Gasteiger partial charge on any atom is -0.491 e. The molecule has 8 nitrogen and oxygen atoms in total. The number of aryl methyl sites for hydroxylation is 1. The zero-order valence-corrected chi connectivity index (χ0v) is 19.2. The van der Waals surface area contributed by atoms with Crippen LogP contribution in [0.2, 0.25) is 5.02 Å². The number of rotatable bonds is 3. The minimum absolute atomic E-state index is 0.0806. The summed E-state index contributed by atoms with van der Waals surface area (Å²) in [6.45, 7) is 11.1. The van der Waals surface area contributed by atoms with E-state index in [2.05, 4.69) is 15.1 Å². The second-order valence-corrected chi connectivity index (χ2v) is 8.71. The Hall–Kier alpha value is -2.87. The molecule has 31 heavy (non-hydrogen) atoms. The lowest BCUT2D eigenvalue weighted by Gasteiger charge is -2.24. The van der Waals surface area contributed by atoms with Crippen molar-refractivity contribution >= 4 is 34.4 Å². The molecular weight excluding hydrogens is 416 g/mol. The van der Waals surface area contributed by atoms with Gasteiger partial charge in [-0.15, -0.1) is 0 Å². The second-order valence-electron chi connectivity index (χ2n) is 8.31. The normalized spacial score (nSPS) is 15.0. The van der Waals surface area contributed by atoms with Crippen molar-refractivity contribution in [3.63, 3.8) is 0 Å². The van der Waals surface area contributed by atoms with Gasteiger partial charge in [0.1, 0.15) is 24.5 Å². The van der Waals surface area contributed by atoms with Crippen molar-refractivity contribution in [2.24, 2.45) is 5.92 Å². The fourth-order valence-corrected chi connectivity index (χ4v) is 4.35. The van der Waals surface area contributed by atoms with Gasteiger partial charge in [-0.25, -0.2) is 14.6 Å². The average Bonchev–Trinajstić information content (AvgIpc) is 2.93. The highest BCUT2D eigenvalue weighted by Crippen LogP contribution is 2.40. The molecule has 4 rings (SSSR count). The minimum atomic E-state index is -0.218. The third kappa shape index (κ3) is 3.59. The summed E-state index contributed by atoms with van der Waals surface area (Å²) in [7, 11) is 0. The highest BCUT2D eigenvalue weighted by molar-refractivity contribution is 6.31. The van der Waals surface area contributed by atoms with E-state index in [0.29, 0.717) is 36.2 Å². The number of halogens is 1. The molecule has 0 radical (unpaired) electrons. The van der Waals surface area contributed by atoms with Gasteiger partial charge in [0.2, 0.25) is 5.91 Å². The van der Waals surface area contributed by atoms with Gasteiger partial charge in [0.05, 0.1) is 23.7 Å². The van der Waals surface area contributed by atoms with Crippen molar-refractivity contribution < 1.29 is 9.53 Å². The third-order valence-corrected chi connectivity index (χ3v) is 6.29. The van der Waals surface area contributed by atoms with Crippen molar-refractivity contribution in [1.29, 1.82) is 0 Å². The fraction of sp³-hybridized carbons (Fsp3) is 0.455. The van der Waals surface area contributed by atoms with Gasteiger partial charge in [0.15, 0.2) is 5.65 Å². The maximum atomic E-state index is 12.7. The van der Waals surface area contributed by atoms with E-state index in [0.717, 1.165) is 33.5 Å². The third-order valence-electron chi connectivity index (χ3n) is 5.90. The van der Waals surface area contributed by atoms with E-state index in [1.807, 2.05) is 50.3 Å². The van der Waals surface area contributed by atoms with E-state index in [-0.39, 0.29) is 17.9 Å². The molecule has 1 aliphatic heterocycles. The van der Waals surface area contributed by atoms with E-state index in [4.69, 9.17) is 22.1 Å². The van der Waals surface area contributed by atoms with Crippen molar-refractivity contribution in [3.8, 4) is 5.75 Å². The first-order valence-corrected chi connectivity index (χ1v) is 10.8. The van der Waals surface area contributed by atoms with Crippen LogP contribution in [0, 0.1) is 19.8 Å². The second kappa shape index (κ2) is 8.00. The summed E-state index contributed by atoms with van der Waals surface area (Å²) in [5.74, 6) is 1.19. The number of nitrogens with zero attached hydrogens (tertiary/aromatic N) is 5. The van der Waals surface area contributed by atoms with Crippen LogP contribution in [0.25, 0.3) is 11.0 Å². The van der Waals surface area contributed by atoms with Gasteiger partial charge in [-0.1, -0.05) is 25.4 Å². The molecule has 0 spiro atoms. The standard InChI is InChI=1S/C22H27ClN6O2/c1-11(2)22(30)28-6-7-31-19-15(8-17(23)12(3)16(19)9-28)14(5)29-21-18(13(4)27-29)20(24)25-10-26-21/h8,10-11,14H,6-7,9H2,1-5H3,(H2,24,25,26). The molecule has 1 unspecified atom stereocenters. The van der Waals surface area contributed by atoms with Gasteiger partial charge in [-0.05, 0) is 32.4 Å². The molecule has 0 aliphatic carbocycles. The van der Waals surface area contributed by atoms with Crippen LogP contribution in [0.15, 0.2) is 12.4 Å². The Morgan fingerprint density at radius 3 is 2.71 bits per heavy atom.